The molecule has 2 atom stereocenters. The van der Waals surface area contributed by atoms with E-state index in [-0.39, 0.29) is 0 Å². The van der Waals surface area contributed by atoms with E-state index < -0.39 is 0 Å². The molecule has 0 aromatic rings. The van der Waals surface area contributed by atoms with Gasteiger partial charge in [-0.1, -0.05) is 6.92 Å². The van der Waals surface area contributed by atoms with Gasteiger partial charge in [-0.2, -0.15) is 0 Å². The lowest BCUT2D eigenvalue weighted by atomic mass is 10.4. The van der Waals surface area contributed by atoms with Gasteiger partial charge in [0.1, 0.15) is 0 Å². The number of thiocarbonyl (C=S) groups is 1. The van der Waals surface area contributed by atoms with Gasteiger partial charge in [-0.15, -0.1) is 0 Å². The Kier molecular flexibility index (Phi) is 5.19. The topological polar surface area (TPSA) is 33.3 Å². The molecule has 1 fully saturated rings. The Morgan fingerprint density at radius 1 is 1.57 bits per heavy atom. The molecule has 0 saturated heterocycles. The molecule has 0 amide bonds. The zero-order valence-electron chi connectivity index (χ0n) is 9.01. The van der Waals surface area contributed by atoms with Crippen LogP contribution in [-0.2, 0) is 4.74 Å². The lowest BCUT2D eigenvalue weighted by molar-refractivity contribution is 0.145. The maximum Gasteiger partial charge on any atom is 0.166 e. The molecular weight excluding hydrogens is 196 g/mol. The van der Waals surface area contributed by atoms with E-state index in [4.69, 9.17) is 17.0 Å². The zero-order valence-corrected chi connectivity index (χ0v) is 9.82. The minimum Gasteiger partial charge on any atom is -0.382 e. The zero-order chi connectivity index (χ0) is 10.4. The average molecular weight is 216 g/mol. The second-order valence-electron chi connectivity index (χ2n) is 3.77. The first-order valence-corrected chi connectivity index (χ1v) is 5.77. The molecular formula is C10H20N2OS. The monoisotopic (exact) mass is 216 g/mol. The molecule has 2 N–H and O–H groups in total. The maximum absolute atomic E-state index is 5.22. The molecule has 0 aliphatic heterocycles. The van der Waals surface area contributed by atoms with E-state index in [1.54, 1.807) is 0 Å². The largest absolute Gasteiger partial charge is 0.382 e. The summed E-state index contributed by atoms with van der Waals surface area (Å²) in [6, 6.07) is 0.613. The van der Waals surface area contributed by atoms with Crippen molar-refractivity contribution in [2.75, 3.05) is 19.8 Å². The summed E-state index contributed by atoms with van der Waals surface area (Å²) in [5.41, 5.74) is 0. The van der Waals surface area contributed by atoms with Crippen LogP contribution in [0.1, 0.15) is 26.7 Å². The number of hydrogen-bond donors (Lipinski definition) is 2. The number of ether oxygens (including phenoxy) is 1. The fourth-order valence-corrected chi connectivity index (χ4v) is 1.52. The summed E-state index contributed by atoms with van der Waals surface area (Å²) in [4.78, 5) is 0. The fraction of sp³-hybridized carbons (Fsp3) is 0.900. The first-order valence-electron chi connectivity index (χ1n) is 5.36. The molecule has 3 nitrogen and oxygen atoms in total. The van der Waals surface area contributed by atoms with Crippen molar-refractivity contribution >= 4 is 17.3 Å². The van der Waals surface area contributed by atoms with Crippen LogP contribution in [0.2, 0.25) is 0 Å². The molecule has 14 heavy (non-hydrogen) atoms. The van der Waals surface area contributed by atoms with E-state index in [1.165, 1.54) is 6.42 Å². The van der Waals surface area contributed by atoms with Gasteiger partial charge < -0.3 is 15.4 Å². The summed E-state index contributed by atoms with van der Waals surface area (Å²) < 4.78 is 5.22. The van der Waals surface area contributed by atoms with E-state index in [0.29, 0.717) is 6.04 Å². The van der Waals surface area contributed by atoms with Crippen molar-refractivity contribution in [1.29, 1.82) is 0 Å². The van der Waals surface area contributed by atoms with Crippen LogP contribution >= 0.6 is 12.2 Å². The summed E-state index contributed by atoms with van der Waals surface area (Å²) in [6.45, 7) is 6.74. The van der Waals surface area contributed by atoms with E-state index in [2.05, 4.69) is 17.6 Å². The van der Waals surface area contributed by atoms with Crippen molar-refractivity contribution in [1.82, 2.24) is 10.6 Å². The highest BCUT2D eigenvalue weighted by Crippen LogP contribution is 2.28. The summed E-state index contributed by atoms with van der Waals surface area (Å²) in [7, 11) is 0. The van der Waals surface area contributed by atoms with Gasteiger partial charge in [0.05, 0.1) is 0 Å². The molecule has 1 aliphatic rings. The van der Waals surface area contributed by atoms with Gasteiger partial charge in [0, 0.05) is 25.8 Å². The van der Waals surface area contributed by atoms with Crippen LogP contribution in [0.5, 0.6) is 0 Å². The van der Waals surface area contributed by atoms with Gasteiger partial charge in [0.15, 0.2) is 5.11 Å². The number of hydrogen-bond acceptors (Lipinski definition) is 2. The van der Waals surface area contributed by atoms with Crippen LogP contribution in [0.4, 0.5) is 0 Å². The van der Waals surface area contributed by atoms with Crippen molar-refractivity contribution in [3.05, 3.63) is 0 Å². The Hall–Kier alpha value is -0.350. The Morgan fingerprint density at radius 3 is 2.86 bits per heavy atom. The Morgan fingerprint density at radius 2 is 2.29 bits per heavy atom. The van der Waals surface area contributed by atoms with Crippen LogP contribution in [0.3, 0.4) is 0 Å². The van der Waals surface area contributed by atoms with Crippen LogP contribution in [0, 0.1) is 5.92 Å². The summed E-state index contributed by atoms with van der Waals surface area (Å²) in [5, 5.41) is 7.24. The van der Waals surface area contributed by atoms with Crippen LogP contribution in [0.25, 0.3) is 0 Å². The second kappa shape index (κ2) is 6.19. The standard InChI is InChI=1S/C10H20N2OS/c1-3-13-6-4-5-11-10(14)12-9-7-8(9)2/h8-9H,3-7H2,1-2H3,(H2,11,12,14). The molecule has 1 rings (SSSR count). The predicted octanol–water partition coefficient (Wildman–Crippen LogP) is 1.29. The molecule has 1 saturated carbocycles. The van der Waals surface area contributed by atoms with Crippen molar-refractivity contribution in [2.24, 2.45) is 5.92 Å². The predicted molar refractivity (Wildman–Crippen MR) is 62.4 cm³/mol. The molecule has 0 aromatic heterocycles. The fourth-order valence-electron chi connectivity index (χ4n) is 1.26. The van der Waals surface area contributed by atoms with Crippen molar-refractivity contribution in [3.63, 3.8) is 0 Å². The number of rotatable bonds is 6. The number of nitrogens with one attached hydrogen (secondary N) is 2. The highest BCUT2D eigenvalue weighted by Gasteiger charge is 2.32. The van der Waals surface area contributed by atoms with E-state index in [9.17, 15) is 0 Å². The third-order valence-corrected chi connectivity index (χ3v) is 2.64. The Labute approximate surface area is 91.6 Å². The summed E-state index contributed by atoms with van der Waals surface area (Å²) >= 11 is 5.14. The van der Waals surface area contributed by atoms with Crippen molar-refractivity contribution in [2.45, 2.75) is 32.7 Å². The van der Waals surface area contributed by atoms with Gasteiger partial charge in [-0.25, -0.2) is 0 Å². The molecule has 4 heteroatoms. The van der Waals surface area contributed by atoms with Gasteiger partial charge in [0.2, 0.25) is 0 Å². The molecule has 0 spiro atoms. The van der Waals surface area contributed by atoms with Crippen molar-refractivity contribution in [3.8, 4) is 0 Å². The Bertz CT molecular complexity index is 187. The molecule has 0 bridgehead atoms. The van der Waals surface area contributed by atoms with Crippen LogP contribution < -0.4 is 10.6 Å². The summed E-state index contributed by atoms with van der Waals surface area (Å²) in [5.74, 6) is 0.790. The molecule has 0 aromatic carbocycles. The highest BCUT2D eigenvalue weighted by molar-refractivity contribution is 7.80. The first-order chi connectivity index (χ1) is 6.74. The third kappa shape index (κ3) is 4.77. The lowest BCUT2D eigenvalue weighted by Crippen LogP contribution is -2.37. The third-order valence-electron chi connectivity index (χ3n) is 2.38. The van der Waals surface area contributed by atoms with Gasteiger partial charge in [-0.05, 0) is 37.9 Å². The normalized spacial score (nSPS) is 24.4. The molecule has 2 unspecified atom stereocenters. The quantitative estimate of drug-likeness (QED) is 0.518. The van der Waals surface area contributed by atoms with E-state index >= 15 is 0 Å². The maximum atomic E-state index is 5.22. The smallest absolute Gasteiger partial charge is 0.166 e. The average Bonchev–Trinajstić information content (AvgIpc) is 2.81. The van der Waals surface area contributed by atoms with E-state index in [1.807, 2.05) is 6.92 Å². The molecule has 1 aliphatic carbocycles. The summed E-state index contributed by atoms with van der Waals surface area (Å²) in [6.07, 6.45) is 2.26. The van der Waals surface area contributed by atoms with Crippen LogP contribution in [0.15, 0.2) is 0 Å². The highest BCUT2D eigenvalue weighted by atomic mass is 32.1. The molecule has 82 valence electrons. The molecule has 0 heterocycles. The van der Waals surface area contributed by atoms with Crippen molar-refractivity contribution < 1.29 is 4.74 Å². The van der Waals surface area contributed by atoms with Gasteiger partial charge in [0.25, 0.3) is 0 Å². The van der Waals surface area contributed by atoms with Gasteiger partial charge >= 0.3 is 0 Å². The van der Waals surface area contributed by atoms with Gasteiger partial charge in [-0.3, -0.25) is 0 Å². The molecule has 0 radical (unpaired) electrons. The Balaban J connectivity index is 1.88. The van der Waals surface area contributed by atoms with E-state index in [0.717, 1.165) is 37.2 Å². The minimum atomic E-state index is 0.613. The first kappa shape index (κ1) is 11.7. The van der Waals surface area contributed by atoms with Crippen LogP contribution in [-0.4, -0.2) is 30.9 Å². The second-order valence-corrected chi connectivity index (χ2v) is 4.18. The minimum absolute atomic E-state index is 0.613. The lowest BCUT2D eigenvalue weighted by Gasteiger charge is -2.09. The SMILES string of the molecule is CCOCCCNC(=S)NC1CC1C.